The van der Waals surface area contributed by atoms with Gasteiger partial charge in [-0.2, -0.15) is 0 Å². The number of anilines is 1. The number of nitrogens with one attached hydrogen (secondary N) is 1. The maximum atomic E-state index is 12.8. The summed E-state index contributed by atoms with van der Waals surface area (Å²) in [6, 6.07) is 1.65. The number of ether oxygens (including phenoxy) is 1. The van der Waals surface area contributed by atoms with E-state index in [2.05, 4.69) is 10.5 Å². The van der Waals surface area contributed by atoms with Crippen molar-refractivity contribution >= 4 is 17.6 Å². The summed E-state index contributed by atoms with van der Waals surface area (Å²) in [6.45, 7) is 5.51. The van der Waals surface area contributed by atoms with Gasteiger partial charge in [-0.1, -0.05) is 24.4 Å². The normalized spacial score (nSPS) is 15.1. The number of hydrogen-bond acceptors (Lipinski definition) is 5. The average molecular weight is 351 g/mol. The molecular formula is C18H29N3O4. The SMILES string of the molecule is CCOCCCN(CC(=O)Nc1cc(C)on1)C(=O)C1CCCCC1. The fourth-order valence-corrected chi connectivity index (χ4v) is 3.16. The molecule has 140 valence electrons. The van der Waals surface area contributed by atoms with Crippen molar-refractivity contribution < 1.29 is 18.8 Å². The minimum absolute atomic E-state index is 0.0351. The predicted octanol–water partition coefficient (Wildman–Crippen LogP) is 2.76. The molecule has 1 fully saturated rings. The zero-order chi connectivity index (χ0) is 18.1. The first-order valence-corrected chi connectivity index (χ1v) is 9.20. The fraction of sp³-hybridized carbons (Fsp3) is 0.722. The van der Waals surface area contributed by atoms with Gasteiger partial charge in [-0.3, -0.25) is 9.59 Å². The molecule has 0 spiro atoms. The van der Waals surface area contributed by atoms with Crippen LogP contribution in [0.1, 0.15) is 51.2 Å². The molecule has 1 aromatic heterocycles. The second kappa shape index (κ2) is 10.2. The molecule has 1 saturated carbocycles. The lowest BCUT2D eigenvalue weighted by Gasteiger charge is -2.29. The number of carbonyl (C=O) groups excluding carboxylic acids is 2. The smallest absolute Gasteiger partial charge is 0.245 e. The topological polar surface area (TPSA) is 84.7 Å². The Bertz CT molecular complexity index is 552. The van der Waals surface area contributed by atoms with E-state index in [0.29, 0.717) is 31.3 Å². The van der Waals surface area contributed by atoms with Crippen LogP contribution in [0.5, 0.6) is 0 Å². The summed E-state index contributed by atoms with van der Waals surface area (Å²) >= 11 is 0. The predicted molar refractivity (Wildman–Crippen MR) is 94.1 cm³/mol. The number of rotatable bonds is 9. The molecule has 1 aliphatic carbocycles. The molecule has 1 N–H and O–H groups in total. The van der Waals surface area contributed by atoms with E-state index in [1.807, 2.05) is 6.92 Å². The van der Waals surface area contributed by atoms with Crippen LogP contribution in [0.3, 0.4) is 0 Å². The quantitative estimate of drug-likeness (QED) is 0.692. The van der Waals surface area contributed by atoms with E-state index >= 15 is 0 Å². The highest BCUT2D eigenvalue weighted by atomic mass is 16.5. The van der Waals surface area contributed by atoms with Gasteiger partial charge in [0, 0.05) is 31.7 Å². The molecule has 1 aromatic rings. The zero-order valence-corrected chi connectivity index (χ0v) is 15.3. The maximum Gasteiger partial charge on any atom is 0.245 e. The minimum Gasteiger partial charge on any atom is -0.382 e. The lowest BCUT2D eigenvalue weighted by molar-refractivity contribution is -0.139. The number of nitrogens with zero attached hydrogens (tertiary/aromatic N) is 2. The molecule has 0 aliphatic heterocycles. The first-order chi connectivity index (χ1) is 12.1. The maximum absolute atomic E-state index is 12.8. The number of aromatic nitrogens is 1. The lowest BCUT2D eigenvalue weighted by Crippen LogP contribution is -2.42. The van der Waals surface area contributed by atoms with Crippen LogP contribution in [0.15, 0.2) is 10.6 Å². The van der Waals surface area contributed by atoms with Crippen molar-refractivity contribution in [1.82, 2.24) is 10.1 Å². The van der Waals surface area contributed by atoms with Gasteiger partial charge in [-0.25, -0.2) is 0 Å². The summed E-state index contributed by atoms with van der Waals surface area (Å²) in [7, 11) is 0. The Morgan fingerprint density at radius 1 is 1.36 bits per heavy atom. The summed E-state index contributed by atoms with van der Waals surface area (Å²) < 4.78 is 10.3. The lowest BCUT2D eigenvalue weighted by atomic mass is 9.88. The van der Waals surface area contributed by atoms with E-state index in [9.17, 15) is 9.59 Å². The van der Waals surface area contributed by atoms with Crippen LogP contribution < -0.4 is 5.32 Å². The number of aryl methyl sites for hydroxylation is 1. The van der Waals surface area contributed by atoms with Crippen molar-refractivity contribution in [2.24, 2.45) is 5.92 Å². The van der Waals surface area contributed by atoms with Gasteiger partial charge in [-0.05, 0) is 33.1 Å². The highest BCUT2D eigenvalue weighted by molar-refractivity contribution is 5.94. The number of carbonyl (C=O) groups is 2. The van der Waals surface area contributed by atoms with Crippen LogP contribution in [0.4, 0.5) is 5.82 Å². The summed E-state index contributed by atoms with van der Waals surface area (Å²) in [6.07, 6.45) is 5.94. The third-order valence-corrected chi connectivity index (χ3v) is 4.42. The molecule has 0 atom stereocenters. The number of hydrogen-bond donors (Lipinski definition) is 1. The Hall–Kier alpha value is -1.89. The van der Waals surface area contributed by atoms with Crippen molar-refractivity contribution in [3.8, 4) is 0 Å². The Balaban J connectivity index is 1.91. The van der Waals surface area contributed by atoms with E-state index in [0.717, 1.165) is 32.1 Å². The molecule has 0 radical (unpaired) electrons. The summed E-state index contributed by atoms with van der Waals surface area (Å²) in [5.74, 6) is 0.878. The third-order valence-electron chi connectivity index (χ3n) is 4.42. The van der Waals surface area contributed by atoms with Gasteiger partial charge in [-0.15, -0.1) is 0 Å². The Morgan fingerprint density at radius 3 is 2.76 bits per heavy atom. The van der Waals surface area contributed by atoms with Gasteiger partial charge in [0.1, 0.15) is 5.76 Å². The molecule has 2 rings (SSSR count). The van der Waals surface area contributed by atoms with Gasteiger partial charge in [0.2, 0.25) is 11.8 Å². The van der Waals surface area contributed by atoms with E-state index in [1.54, 1.807) is 17.9 Å². The van der Waals surface area contributed by atoms with Crippen LogP contribution in [0, 0.1) is 12.8 Å². The van der Waals surface area contributed by atoms with Gasteiger partial charge in [0.15, 0.2) is 5.82 Å². The Labute approximate surface area is 149 Å². The van der Waals surface area contributed by atoms with Crippen molar-refractivity contribution in [3.63, 3.8) is 0 Å². The largest absolute Gasteiger partial charge is 0.382 e. The Morgan fingerprint density at radius 2 is 2.12 bits per heavy atom. The first-order valence-electron chi connectivity index (χ1n) is 9.20. The van der Waals surface area contributed by atoms with Gasteiger partial charge in [0.05, 0.1) is 6.54 Å². The molecule has 7 heteroatoms. The van der Waals surface area contributed by atoms with E-state index in [4.69, 9.17) is 9.26 Å². The number of amides is 2. The fourth-order valence-electron chi connectivity index (χ4n) is 3.16. The van der Waals surface area contributed by atoms with E-state index < -0.39 is 0 Å². The van der Waals surface area contributed by atoms with Crippen molar-refractivity contribution in [1.29, 1.82) is 0 Å². The summed E-state index contributed by atoms with van der Waals surface area (Å²) in [5, 5.41) is 6.44. The van der Waals surface area contributed by atoms with Crippen LogP contribution in [0.2, 0.25) is 0 Å². The third kappa shape index (κ3) is 6.49. The molecular weight excluding hydrogens is 322 g/mol. The molecule has 0 aromatic carbocycles. The molecule has 1 aliphatic rings. The second-order valence-electron chi connectivity index (χ2n) is 6.52. The summed E-state index contributed by atoms with van der Waals surface area (Å²) in [5.41, 5.74) is 0. The highest BCUT2D eigenvalue weighted by Gasteiger charge is 2.27. The van der Waals surface area contributed by atoms with Crippen LogP contribution in [-0.4, -0.2) is 48.2 Å². The van der Waals surface area contributed by atoms with Gasteiger partial charge in [0.25, 0.3) is 0 Å². The monoisotopic (exact) mass is 351 g/mol. The minimum atomic E-state index is -0.256. The molecule has 0 saturated heterocycles. The van der Waals surface area contributed by atoms with Crippen LogP contribution in [-0.2, 0) is 14.3 Å². The van der Waals surface area contributed by atoms with Gasteiger partial charge >= 0.3 is 0 Å². The molecule has 2 amide bonds. The molecule has 0 bridgehead atoms. The molecule has 7 nitrogen and oxygen atoms in total. The van der Waals surface area contributed by atoms with Crippen LogP contribution in [0.25, 0.3) is 0 Å². The first kappa shape index (κ1) is 19.4. The zero-order valence-electron chi connectivity index (χ0n) is 15.3. The second-order valence-corrected chi connectivity index (χ2v) is 6.52. The van der Waals surface area contributed by atoms with E-state index in [-0.39, 0.29) is 24.3 Å². The molecule has 25 heavy (non-hydrogen) atoms. The van der Waals surface area contributed by atoms with Crippen LogP contribution >= 0.6 is 0 Å². The molecule has 0 unspecified atom stereocenters. The average Bonchev–Trinajstić information content (AvgIpc) is 3.02. The van der Waals surface area contributed by atoms with Gasteiger partial charge < -0.3 is 19.5 Å². The van der Waals surface area contributed by atoms with Crippen molar-refractivity contribution in [2.45, 2.75) is 52.4 Å². The Kier molecular flexibility index (Phi) is 7.91. The highest BCUT2D eigenvalue weighted by Crippen LogP contribution is 2.25. The molecule has 1 heterocycles. The van der Waals surface area contributed by atoms with Crippen molar-refractivity contribution in [2.75, 3.05) is 31.6 Å². The van der Waals surface area contributed by atoms with Crippen molar-refractivity contribution in [3.05, 3.63) is 11.8 Å². The summed E-state index contributed by atoms with van der Waals surface area (Å²) in [4.78, 5) is 26.8. The standard InChI is InChI=1S/C18H29N3O4/c1-3-24-11-7-10-21(18(23)15-8-5-4-6-9-15)13-17(22)19-16-12-14(2)25-20-16/h12,15H,3-11,13H2,1-2H3,(H,19,20,22). The van der Waals surface area contributed by atoms with E-state index in [1.165, 1.54) is 6.42 Å².